The Bertz CT molecular complexity index is 36.3. The second kappa shape index (κ2) is 5.83. The summed E-state index contributed by atoms with van der Waals surface area (Å²) in [5.41, 5.74) is 0. The van der Waals surface area contributed by atoms with Gasteiger partial charge in [-0.05, 0) is 0 Å². The Labute approximate surface area is 62.2 Å². The minimum absolute atomic E-state index is 0.323. The van der Waals surface area contributed by atoms with Gasteiger partial charge in [-0.25, -0.2) is 0 Å². The highest BCUT2D eigenvalue weighted by Gasteiger charge is 2.05. The third-order valence-corrected chi connectivity index (χ3v) is 2.46. The van der Waals surface area contributed by atoms with E-state index in [0.717, 1.165) is 0 Å². The van der Waals surface area contributed by atoms with Gasteiger partial charge in [-0.15, -0.1) is 11.7 Å². The van der Waals surface area contributed by atoms with Gasteiger partial charge in [0.2, 0.25) is 0 Å². The largest absolute Gasteiger partial charge is 0.111 e. The predicted molar refractivity (Wildman–Crippen MR) is 47.7 cm³/mol. The van der Waals surface area contributed by atoms with Gasteiger partial charge in [0.05, 0.1) is 0 Å². The van der Waals surface area contributed by atoms with Crippen LogP contribution in [0.1, 0.15) is 34.6 Å². The van der Waals surface area contributed by atoms with E-state index in [-0.39, 0.29) is 0 Å². The van der Waals surface area contributed by atoms with Gasteiger partial charge in [0.1, 0.15) is 0 Å². The summed E-state index contributed by atoms with van der Waals surface area (Å²) in [4.78, 5) is 0. The van der Waals surface area contributed by atoms with Crippen molar-refractivity contribution in [3.05, 3.63) is 0 Å². The van der Waals surface area contributed by atoms with Crippen molar-refractivity contribution in [2.24, 2.45) is 0 Å². The van der Waals surface area contributed by atoms with Crippen molar-refractivity contribution in [1.29, 1.82) is 0 Å². The van der Waals surface area contributed by atoms with Gasteiger partial charge in [0.25, 0.3) is 0 Å². The molecule has 0 saturated carbocycles. The Hall–Kier alpha value is 0.700. The SMILES string of the molecule is CC.CC(C)(C)SS. The molecule has 0 nitrogen and oxygen atoms in total. The first-order valence-electron chi connectivity index (χ1n) is 2.89. The van der Waals surface area contributed by atoms with Crippen LogP contribution in [0, 0.1) is 0 Å². The molecule has 0 unspecified atom stereocenters. The van der Waals surface area contributed by atoms with Crippen LogP contribution in [0.2, 0.25) is 0 Å². The van der Waals surface area contributed by atoms with Crippen LogP contribution in [-0.4, -0.2) is 4.75 Å². The molecule has 0 bridgehead atoms. The maximum Gasteiger partial charge on any atom is 0.0176 e. The lowest BCUT2D eigenvalue weighted by molar-refractivity contribution is 0.810. The lowest BCUT2D eigenvalue weighted by Crippen LogP contribution is -2.02. The molecule has 0 amide bonds. The first-order chi connectivity index (χ1) is 3.56. The summed E-state index contributed by atoms with van der Waals surface area (Å²) < 4.78 is 0.323. The molecule has 0 fully saturated rings. The maximum absolute atomic E-state index is 4.02. The molecule has 0 spiro atoms. The second-order valence-electron chi connectivity index (χ2n) is 2.20. The molecule has 8 heavy (non-hydrogen) atoms. The molecule has 0 radical (unpaired) electrons. The standard InChI is InChI=1S/C4H10S2.C2H6/c1-4(2,3)6-5;1-2/h5H,1-3H3;1-2H3. The molecule has 0 atom stereocenters. The van der Waals surface area contributed by atoms with Crippen molar-refractivity contribution < 1.29 is 0 Å². The maximum atomic E-state index is 4.02. The summed E-state index contributed by atoms with van der Waals surface area (Å²) in [7, 11) is 1.58. The summed E-state index contributed by atoms with van der Waals surface area (Å²) >= 11 is 4.02. The van der Waals surface area contributed by atoms with Crippen molar-refractivity contribution >= 4 is 22.5 Å². The zero-order valence-corrected chi connectivity index (χ0v) is 8.07. The lowest BCUT2D eigenvalue weighted by atomic mass is 10.3. The highest BCUT2D eigenvalue weighted by atomic mass is 33.1. The molecule has 0 aromatic rings. The molecule has 0 aliphatic rings. The quantitative estimate of drug-likeness (QED) is 0.410. The Morgan fingerprint density at radius 1 is 1.12 bits per heavy atom. The highest BCUT2D eigenvalue weighted by molar-refractivity contribution is 8.69. The van der Waals surface area contributed by atoms with E-state index in [2.05, 4.69) is 32.4 Å². The number of hydrogen-bond donors (Lipinski definition) is 1. The third kappa shape index (κ3) is 15.9. The second-order valence-corrected chi connectivity index (χ2v) is 4.16. The number of rotatable bonds is 0. The molecule has 0 aromatic carbocycles. The fraction of sp³-hybridized carbons (Fsp3) is 1.00. The minimum Gasteiger partial charge on any atom is -0.111 e. The molecule has 0 saturated heterocycles. The molecular formula is C6H16S2. The van der Waals surface area contributed by atoms with Gasteiger partial charge in [-0.2, -0.15) is 0 Å². The molecule has 0 N–H and O–H groups in total. The lowest BCUT2D eigenvalue weighted by Gasteiger charge is -2.10. The molecule has 52 valence electrons. The van der Waals surface area contributed by atoms with Crippen molar-refractivity contribution in [1.82, 2.24) is 0 Å². The van der Waals surface area contributed by atoms with Gasteiger partial charge in [0.15, 0.2) is 0 Å². The van der Waals surface area contributed by atoms with Crippen LogP contribution in [0.15, 0.2) is 0 Å². The van der Waals surface area contributed by atoms with Gasteiger partial charge in [-0.3, -0.25) is 0 Å². The molecule has 0 aromatic heterocycles. The normalized spacial score (nSPS) is 9.75. The Kier molecular flexibility index (Phi) is 8.37. The van der Waals surface area contributed by atoms with E-state index in [1.54, 1.807) is 10.8 Å². The van der Waals surface area contributed by atoms with Crippen LogP contribution in [0.25, 0.3) is 0 Å². The third-order valence-electron chi connectivity index (χ3n) is 0.274. The van der Waals surface area contributed by atoms with E-state index in [0.29, 0.717) is 4.75 Å². The van der Waals surface area contributed by atoms with E-state index < -0.39 is 0 Å². The van der Waals surface area contributed by atoms with E-state index in [9.17, 15) is 0 Å². The van der Waals surface area contributed by atoms with Gasteiger partial charge < -0.3 is 0 Å². The van der Waals surface area contributed by atoms with E-state index in [4.69, 9.17) is 0 Å². The van der Waals surface area contributed by atoms with E-state index in [1.807, 2.05) is 13.8 Å². The fourth-order valence-electron chi connectivity index (χ4n) is 0. The minimum atomic E-state index is 0.323. The zero-order chi connectivity index (χ0) is 7.21. The Balaban J connectivity index is 0. The van der Waals surface area contributed by atoms with Crippen molar-refractivity contribution in [3.8, 4) is 0 Å². The first kappa shape index (κ1) is 11.5. The van der Waals surface area contributed by atoms with Crippen LogP contribution < -0.4 is 0 Å². The van der Waals surface area contributed by atoms with Crippen LogP contribution in [0.5, 0.6) is 0 Å². The fourth-order valence-corrected chi connectivity index (χ4v) is 0. The van der Waals surface area contributed by atoms with Crippen molar-refractivity contribution in [2.75, 3.05) is 0 Å². The summed E-state index contributed by atoms with van der Waals surface area (Å²) in [6.07, 6.45) is 0. The number of thiol groups is 1. The van der Waals surface area contributed by atoms with Crippen LogP contribution in [0.3, 0.4) is 0 Å². The van der Waals surface area contributed by atoms with Crippen LogP contribution in [0.4, 0.5) is 0 Å². The average molecular weight is 152 g/mol. The smallest absolute Gasteiger partial charge is 0.0176 e. The molecule has 2 heteroatoms. The van der Waals surface area contributed by atoms with Crippen LogP contribution >= 0.6 is 22.5 Å². The van der Waals surface area contributed by atoms with Crippen LogP contribution in [-0.2, 0) is 0 Å². The molecule has 0 heterocycles. The molecular weight excluding hydrogens is 136 g/mol. The molecule has 0 aliphatic carbocycles. The summed E-state index contributed by atoms with van der Waals surface area (Å²) in [6, 6.07) is 0. The summed E-state index contributed by atoms with van der Waals surface area (Å²) in [5, 5.41) is 0. The van der Waals surface area contributed by atoms with Crippen molar-refractivity contribution in [2.45, 2.75) is 39.4 Å². The summed E-state index contributed by atoms with van der Waals surface area (Å²) in [6.45, 7) is 10.4. The van der Waals surface area contributed by atoms with E-state index in [1.165, 1.54) is 0 Å². The Morgan fingerprint density at radius 2 is 1.25 bits per heavy atom. The van der Waals surface area contributed by atoms with E-state index >= 15 is 0 Å². The highest BCUT2D eigenvalue weighted by Crippen LogP contribution is 2.25. The van der Waals surface area contributed by atoms with Crippen molar-refractivity contribution in [3.63, 3.8) is 0 Å². The monoisotopic (exact) mass is 152 g/mol. The average Bonchev–Trinajstić information content (AvgIpc) is 1.71. The summed E-state index contributed by atoms with van der Waals surface area (Å²) in [5.74, 6) is 0. The molecule has 0 rings (SSSR count). The topological polar surface area (TPSA) is 0 Å². The van der Waals surface area contributed by atoms with Gasteiger partial charge in [0, 0.05) is 4.75 Å². The predicted octanol–water partition coefficient (Wildman–Crippen LogP) is 3.39. The number of hydrogen-bond acceptors (Lipinski definition) is 2. The zero-order valence-electron chi connectivity index (χ0n) is 6.36. The molecule has 0 aliphatic heterocycles. The van der Waals surface area contributed by atoms with Gasteiger partial charge >= 0.3 is 0 Å². The van der Waals surface area contributed by atoms with Gasteiger partial charge in [-0.1, -0.05) is 45.4 Å². The first-order valence-corrected chi connectivity index (χ1v) is 4.76. The Morgan fingerprint density at radius 3 is 1.25 bits per heavy atom.